The van der Waals surface area contributed by atoms with Crippen molar-refractivity contribution < 1.29 is 4.39 Å². The van der Waals surface area contributed by atoms with Crippen LogP contribution in [0.2, 0.25) is 5.02 Å². The Morgan fingerprint density at radius 2 is 2.50 bits per heavy atom. The van der Waals surface area contributed by atoms with Crippen LogP contribution in [-0.2, 0) is 7.05 Å². The number of hydrogen-bond donors (Lipinski definition) is 0. The van der Waals surface area contributed by atoms with Crippen molar-refractivity contribution in [3.63, 3.8) is 0 Å². The summed E-state index contributed by atoms with van der Waals surface area (Å²) in [5, 5.41) is 3.34. The predicted octanol–water partition coefficient (Wildman–Crippen LogP) is 1.01. The van der Waals surface area contributed by atoms with E-state index in [1.807, 2.05) is 0 Å². The minimum absolute atomic E-state index is 0.0625. The highest BCUT2D eigenvalue weighted by Gasteiger charge is 2.02. The summed E-state index contributed by atoms with van der Waals surface area (Å²) < 4.78 is 13.2. The van der Waals surface area contributed by atoms with Crippen molar-refractivity contribution in [3.05, 3.63) is 17.2 Å². The second-order valence-corrected chi connectivity index (χ2v) is 1.72. The highest BCUT2D eigenvalue weighted by molar-refractivity contribution is 6.30. The average molecular weight is 134 g/mol. The molecule has 0 saturated heterocycles. The van der Waals surface area contributed by atoms with Crippen LogP contribution in [0.25, 0.3) is 0 Å². The summed E-state index contributed by atoms with van der Waals surface area (Å²) in [4.78, 5) is 0. The zero-order valence-electron chi connectivity index (χ0n) is 4.15. The van der Waals surface area contributed by atoms with E-state index in [9.17, 15) is 4.39 Å². The smallest absolute Gasteiger partial charge is 0.230 e. The van der Waals surface area contributed by atoms with E-state index in [0.29, 0.717) is 0 Å². The summed E-state index contributed by atoms with van der Waals surface area (Å²) in [6.07, 6.45) is 2.24. The molecule has 0 aromatic carbocycles. The average Bonchev–Trinajstić information content (AvgIpc) is 1.98. The lowest BCUT2D eigenvalue weighted by molar-refractivity contribution is 0.504. The van der Waals surface area contributed by atoms with Crippen LogP contribution < -0.4 is 0 Å². The maximum Gasteiger partial charge on any atom is 0.230 e. The Labute approximate surface area is 50.9 Å². The summed E-state index contributed by atoms with van der Waals surface area (Å²) >= 11 is 5.22. The van der Waals surface area contributed by atoms with Crippen molar-refractivity contribution in [3.8, 4) is 0 Å². The molecule has 0 spiro atoms. The molecule has 1 aromatic rings. The lowest BCUT2D eigenvalue weighted by Crippen LogP contribution is -1.92. The SMILES string of the molecule is Cn1n[c]c(Cl)c1F. The lowest BCUT2D eigenvalue weighted by Gasteiger charge is -1.84. The van der Waals surface area contributed by atoms with Crippen molar-refractivity contribution in [1.29, 1.82) is 0 Å². The Morgan fingerprint density at radius 3 is 2.62 bits per heavy atom. The second kappa shape index (κ2) is 1.74. The predicted molar refractivity (Wildman–Crippen MR) is 27.0 cm³/mol. The monoisotopic (exact) mass is 133 g/mol. The van der Waals surface area contributed by atoms with E-state index in [2.05, 4.69) is 11.3 Å². The number of aryl methyl sites for hydroxylation is 1. The minimum atomic E-state index is -0.549. The van der Waals surface area contributed by atoms with E-state index in [-0.39, 0.29) is 5.02 Å². The summed E-state index contributed by atoms with van der Waals surface area (Å²) in [5.41, 5.74) is 0. The van der Waals surface area contributed by atoms with Crippen molar-refractivity contribution in [2.45, 2.75) is 0 Å². The Bertz CT molecular complexity index is 176. The van der Waals surface area contributed by atoms with Crippen LogP contribution in [0.15, 0.2) is 0 Å². The van der Waals surface area contributed by atoms with Gasteiger partial charge in [0.1, 0.15) is 11.2 Å². The van der Waals surface area contributed by atoms with Crippen LogP contribution in [0.5, 0.6) is 0 Å². The van der Waals surface area contributed by atoms with Crippen LogP contribution in [0.3, 0.4) is 0 Å². The van der Waals surface area contributed by atoms with Gasteiger partial charge in [0, 0.05) is 7.05 Å². The van der Waals surface area contributed by atoms with Crippen molar-refractivity contribution in [2.24, 2.45) is 7.05 Å². The van der Waals surface area contributed by atoms with Crippen molar-refractivity contribution in [1.82, 2.24) is 9.78 Å². The van der Waals surface area contributed by atoms with E-state index in [0.717, 1.165) is 4.68 Å². The Kier molecular flexibility index (Phi) is 1.21. The van der Waals surface area contributed by atoms with Crippen LogP contribution >= 0.6 is 11.6 Å². The number of aromatic nitrogens is 2. The highest BCUT2D eigenvalue weighted by Crippen LogP contribution is 2.09. The topological polar surface area (TPSA) is 17.8 Å². The van der Waals surface area contributed by atoms with Crippen LogP contribution in [0.1, 0.15) is 0 Å². The summed E-state index contributed by atoms with van der Waals surface area (Å²) in [5.74, 6) is -0.549. The zero-order valence-corrected chi connectivity index (χ0v) is 4.91. The molecule has 0 amide bonds. The molecule has 0 aliphatic carbocycles. The number of hydrogen-bond acceptors (Lipinski definition) is 1. The molecule has 0 aliphatic heterocycles. The van der Waals surface area contributed by atoms with Crippen LogP contribution in [-0.4, -0.2) is 9.78 Å². The van der Waals surface area contributed by atoms with Gasteiger partial charge in [-0.05, 0) is 0 Å². The third-order valence-corrected chi connectivity index (χ3v) is 1.00. The molecule has 0 fully saturated rings. The van der Waals surface area contributed by atoms with Gasteiger partial charge < -0.3 is 0 Å². The van der Waals surface area contributed by atoms with Gasteiger partial charge in [-0.2, -0.15) is 9.49 Å². The third kappa shape index (κ3) is 0.690. The minimum Gasteiger partial charge on any atom is -0.241 e. The Balaban J connectivity index is 3.19. The molecule has 8 heavy (non-hydrogen) atoms. The molecule has 0 unspecified atom stereocenters. The fraction of sp³-hybridized carbons (Fsp3) is 0.250. The fourth-order valence-corrected chi connectivity index (χ4v) is 0.511. The van der Waals surface area contributed by atoms with Crippen LogP contribution in [0, 0.1) is 12.1 Å². The first-order valence-electron chi connectivity index (χ1n) is 1.97. The molecule has 0 bridgehead atoms. The fourth-order valence-electron chi connectivity index (χ4n) is 0.351. The first-order valence-corrected chi connectivity index (χ1v) is 2.35. The van der Waals surface area contributed by atoms with E-state index in [4.69, 9.17) is 11.6 Å². The molecule has 1 heterocycles. The molecule has 43 valence electrons. The van der Waals surface area contributed by atoms with Gasteiger partial charge in [-0.3, -0.25) is 0 Å². The normalized spacial score (nSPS) is 9.88. The molecule has 0 aliphatic rings. The molecule has 0 N–H and O–H groups in total. The first-order chi connectivity index (χ1) is 3.72. The summed E-state index contributed by atoms with van der Waals surface area (Å²) in [6.45, 7) is 0. The lowest BCUT2D eigenvalue weighted by atomic mass is 10.7. The molecule has 1 aromatic heterocycles. The van der Waals surface area contributed by atoms with Gasteiger partial charge in [0.15, 0.2) is 0 Å². The molecular formula is C4H3ClFN2. The van der Waals surface area contributed by atoms with Gasteiger partial charge in [0.25, 0.3) is 0 Å². The highest BCUT2D eigenvalue weighted by atomic mass is 35.5. The van der Waals surface area contributed by atoms with Crippen molar-refractivity contribution >= 4 is 11.6 Å². The Morgan fingerprint density at radius 1 is 1.88 bits per heavy atom. The van der Waals surface area contributed by atoms with E-state index in [1.165, 1.54) is 7.05 Å². The Hall–Kier alpha value is -0.570. The van der Waals surface area contributed by atoms with E-state index >= 15 is 0 Å². The van der Waals surface area contributed by atoms with Crippen LogP contribution in [0.4, 0.5) is 4.39 Å². The van der Waals surface area contributed by atoms with Gasteiger partial charge in [-0.1, -0.05) is 11.6 Å². The quantitative estimate of drug-likeness (QED) is 0.517. The maximum atomic E-state index is 12.2. The van der Waals surface area contributed by atoms with Gasteiger partial charge in [0.2, 0.25) is 5.95 Å². The van der Waals surface area contributed by atoms with E-state index in [1.54, 1.807) is 0 Å². The molecule has 0 atom stereocenters. The van der Waals surface area contributed by atoms with Gasteiger partial charge in [0.05, 0.1) is 0 Å². The largest absolute Gasteiger partial charge is 0.241 e. The molecule has 0 saturated carbocycles. The maximum absolute atomic E-state index is 12.2. The molecule has 1 rings (SSSR count). The standard InChI is InChI=1S/C4H3ClFN2/c1-8-4(6)3(5)2-7-8/h1H3. The summed E-state index contributed by atoms with van der Waals surface area (Å²) in [7, 11) is 1.46. The second-order valence-electron chi connectivity index (χ2n) is 1.34. The van der Waals surface area contributed by atoms with E-state index < -0.39 is 5.95 Å². The number of rotatable bonds is 0. The molecule has 1 radical (unpaired) electrons. The molecule has 2 nitrogen and oxygen atoms in total. The van der Waals surface area contributed by atoms with Gasteiger partial charge >= 0.3 is 0 Å². The van der Waals surface area contributed by atoms with Gasteiger partial charge in [-0.15, -0.1) is 0 Å². The van der Waals surface area contributed by atoms with Crippen molar-refractivity contribution in [2.75, 3.05) is 0 Å². The van der Waals surface area contributed by atoms with Gasteiger partial charge in [-0.25, -0.2) is 4.68 Å². The first kappa shape index (κ1) is 5.56. The summed E-state index contributed by atoms with van der Waals surface area (Å²) in [6, 6.07) is 0. The zero-order chi connectivity index (χ0) is 6.15. The number of nitrogens with zero attached hydrogens (tertiary/aromatic N) is 2. The molecule has 4 heteroatoms. The molecular weight excluding hydrogens is 131 g/mol. The third-order valence-electron chi connectivity index (χ3n) is 0.763. The number of halogens is 2.